The number of non-ortho nitro benzene ring substituents is 1. The van der Waals surface area contributed by atoms with Gasteiger partial charge in [-0.3, -0.25) is 19.7 Å². The Kier molecular flexibility index (Phi) is 8.95. The van der Waals surface area contributed by atoms with Crippen molar-refractivity contribution in [1.82, 2.24) is 10.6 Å². The van der Waals surface area contributed by atoms with Crippen LogP contribution in [-0.2, 0) is 20.7 Å². The summed E-state index contributed by atoms with van der Waals surface area (Å²) < 4.78 is 5.05. The molecule has 2 aromatic rings. The number of benzene rings is 1. The van der Waals surface area contributed by atoms with Crippen LogP contribution in [0, 0.1) is 16.0 Å². The summed E-state index contributed by atoms with van der Waals surface area (Å²) in [5, 5.41) is 17.8. The van der Waals surface area contributed by atoms with Gasteiger partial charge >= 0.3 is 5.97 Å². The number of nitro benzene ring substituents is 1. The van der Waals surface area contributed by atoms with Gasteiger partial charge in [-0.05, 0) is 29.9 Å². The van der Waals surface area contributed by atoms with Gasteiger partial charge in [0.25, 0.3) is 17.5 Å². The van der Waals surface area contributed by atoms with Crippen LogP contribution in [0.1, 0.15) is 29.1 Å². The molecule has 0 radical (unpaired) electrons. The van der Waals surface area contributed by atoms with E-state index < -0.39 is 35.4 Å². The molecule has 11 heteroatoms. The lowest BCUT2D eigenvalue weighted by Gasteiger charge is -2.21. The number of rotatable bonds is 10. The van der Waals surface area contributed by atoms with Crippen molar-refractivity contribution in [3.05, 3.63) is 61.3 Å². The second-order valence-corrected chi connectivity index (χ2v) is 8.34. The lowest BCUT2D eigenvalue weighted by Crippen LogP contribution is -2.46. The Labute approximate surface area is 187 Å². The van der Waals surface area contributed by atoms with Crippen molar-refractivity contribution in [2.24, 2.45) is 5.92 Å². The molecule has 2 amide bonds. The number of hydrogen-bond acceptors (Lipinski definition) is 7. The molecule has 9 nitrogen and oxygen atoms in total. The first-order valence-electron chi connectivity index (χ1n) is 9.39. The molecule has 1 heterocycles. The third-order valence-electron chi connectivity index (χ3n) is 4.23. The van der Waals surface area contributed by atoms with Crippen molar-refractivity contribution in [3.8, 4) is 0 Å². The first kappa shape index (κ1) is 24.3. The van der Waals surface area contributed by atoms with Crippen LogP contribution in [0.2, 0.25) is 5.02 Å². The normalized spacial score (nSPS) is 11.6. The number of amides is 2. The highest BCUT2D eigenvalue weighted by molar-refractivity contribution is 7.09. The average Bonchev–Trinajstić information content (AvgIpc) is 3.23. The molecule has 1 aromatic carbocycles. The van der Waals surface area contributed by atoms with E-state index in [-0.39, 0.29) is 22.2 Å². The molecular formula is C20H22ClN3O6S. The molecule has 166 valence electrons. The smallest absolute Gasteiger partial charge is 0.329 e. The van der Waals surface area contributed by atoms with E-state index in [4.69, 9.17) is 16.3 Å². The van der Waals surface area contributed by atoms with Crippen molar-refractivity contribution in [2.45, 2.75) is 26.3 Å². The summed E-state index contributed by atoms with van der Waals surface area (Å²) in [6, 6.07) is 6.26. The Morgan fingerprint density at radius 2 is 2.00 bits per heavy atom. The summed E-state index contributed by atoms with van der Waals surface area (Å²) in [6.07, 6.45) is 0.679. The van der Waals surface area contributed by atoms with Crippen LogP contribution in [0.4, 0.5) is 5.69 Å². The molecule has 2 rings (SSSR count). The summed E-state index contributed by atoms with van der Waals surface area (Å²) in [5.74, 6) is -2.24. The molecule has 2 N–H and O–H groups in total. The van der Waals surface area contributed by atoms with E-state index in [1.54, 1.807) is 25.2 Å². The Morgan fingerprint density at radius 1 is 1.26 bits per heavy atom. The minimum Gasteiger partial charge on any atom is -0.454 e. The zero-order chi connectivity index (χ0) is 23.0. The number of nitrogens with one attached hydrogen (secondary N) is 2. The quantitative estimate of drug-likeness (QED) is 0.314. The number of hydrogen-bond donors (Lipinski definition) is 2. The van der Waals surface area contributed by atoms with Crippen molar-refractivity contribution in [3.63, 3.8) is 0 Å². The fraction of sp³-hybridized carbons (Fsp3) is 0.350. The van der Waals surface area contributed by atoms with Gasteiger partial charge in [0.2, 0.25) is 0 Å². The topological polar surface area (TPSA) is 128 Å². The number of carbonyl (C=O) groups is 3. The number of nitro groups is 1. The molecule has 1 atom stereocenters. The van der Waals surface area contributed by atoms with E-state index in [2.05, 4.69) is 10.6 Å². The van der Waals surface area contributed by atoms with Gasteiger partial charge in [0.05, 0.1) is 15.5 Å². The largest absolute Gasteiger partial charge is 0.454 e. The van der Waals surface area contributed by atoms with Gasteiger partial charge in [0.1, 0.15) is 6.04 Å². The van der Waals surface area contributed by atoms with Crippen molar-refractivity contribution in [1.29, 1.82) is 0 Å². The van der Waals surface area contributed by atoms with Crippen LogP contribution in [0.15, 0.2) is 35.7 Å². The summed E-state index contributed by atoms with van der Waals surface area (Å²) >= 11 is 7.55. The highest BCUT2D eigenvalue weighted by Crippen LogP contribution is 2.22. The second-order valence-electron chi connectivity index (χ2n) is 6.90. The maximum Gasteiger partial charge on any atom is 0.329 e. The minimum absolute atomic E-state index is 0.0166. The molecule has 0 bridgehead atoms. The Balaban J connectivity index is 1.89. The van der Waals surface area contributed by atoms with Crippen LogP contribution in [-0.4, -0.2) is 41.9 Å². The van der Waals surface area contributed by atoms with Gasteiger partial charge < -0.3 is 15.4 Å². The summed E-state index contributed by atoms with van der Waals surface area (Å²) in [5.41, 5.74) is -0.275. The Morgan fingerprint density at radius 3 is 2.58 bits per heavy atom. The van der Waals surface area contributed by atoms with Gasteiger partial charge in [0, 0.05) is 23.6 Å². The lowest BCUT2D eigenvalue weighted by atomic mass is 10.0. The maximum atomic E-state index is 12.5. The van der Waals surface area contributed by atoms with Crippen LogP contribution in [0.25, 0.3) is 0 Å². The van der Waals surface area contributed by atoms with Crippen LogP contribution in [0.5, 0.6) is 0 Å². The summed E-state index contributed by atoms with van der Waals surface area (Å²) in [7, 11) is 0. The number of ether oxygens (including phenoxy) is 1. The molecule has 0 spiro atoms. The van der Waals surface area contributed by atoms with Gasteiger partial charge in [-0.2, -0.15) is 0 Å². The molecule has 0 aliphatic carbocycles. The fourth-order valence-electron chi connectivity index (χ4n) is 2.58. The predicted octanol–water partition coefficient (Wildman–Crippen LogP) is 2.97. The van der Waals surface area contributed by atoms with E-state index in [0.717, 1.165) is 17.0 Å². The maximum absolute atomic E-state index is 12.5. The molecule has 0 saturated heterocycles. The zero-order valence-electron chi connectivity index (χ0n) is 16.9. The number of thiophene rings is 1. The second kappa shape index (κ2) is 11.4. The van der Waals surface area contributed by atoms with E-state index in [1.807, 2.05) is 17.5 Å². The van der Waals surface area contributed by atoms with Gasteiger partial charge in [-0.15, -0.1) is 11.3 Å². The third-order valence-corrected chi connectivity index (χ3v) is 5.48. The molecule has 0 fully saturated rings. The number of esters is 1. The standard InChI is InChI=1S/C20H22ClN3O6S/c1-12(2)18(23-19(26)15-6-5-13(24(28)29)10-16(15)21)20(27)30-11-17(25)22-8-7-14-4-3-9-31-14/h3-6,9-10,12,18H,7-8,11H2,1-2H3,(H,22,25)(H,23,26)/t18-/m0/s1. The molecule has 1 aromatic heterocycles. The third kappa shape index (κ3) is 7.34. The molecule has 0 saturated carbocycles. The van der Waals surface area contributed by atoms with E-state index in [9.17, 15) is 24.5 Å². The first-order valence-corrected chi connectivity index (χ1v) is 10.6. The van der Waals surface area contributed by atoms with Crippen LogP contribution < -0.4 is 10.6 Å². The predicted molar refractivity (Wildman–Crippen MR) is 116 cm³/mol. The Hall–Kier alpha value is -2.98. The van der Waals surface area contributed by atoms with E-state index >= 15 is 0 Å². The lowest BCUT2D eigenvalue weighted by molar-refractivity contribution is -0.384. The molecule has 0 aliphatic rings. The molecular weight excluding hydrogens is 446 g/mol. The van der Waals surface area contributed by atoms with Gasteiger partial charge in [0.15, 0.2) is 6.61 Å². The average molecular weight is 468 g/mol. The molecule has 31 heavy (non-hydrogen) atoms. The number of nitrogens with zero attached hydrogens (tertiary/aromatic N) is 1. The van der Waals surface area contributed by atoms with Crippen molar-refractivity contribution >= 4 is 46.4 Å². The molecule has 0 aliphatic heterocycles. The van der Waals surface area contributed by atoms with Crippen molar-refractivity contribution in [2.75, 3.05) is 13.2 Å². The van der Waals surface area contributed by atoms with Crippen molar-refractivity contribution < 1.29 is 24.0 Å². The van der Waals surface area contributed by atoms with Gasteiger partial charge in [-0.1, -0.05) is 31.5 Å². The minimum atomic E-state index is -1.03. The first-order chi connectivity index (χ1) is 14.7. The van der Waals surface area contributed by atoms with Crippen LogP contribution in [0.3, 0.4) is 0 Å². The zero-order valence-corrected chi connectivity index (χ0v) is 18.5. The van der Waals surface area contributed by atoms with E-state index in [0.29, 0.717) is 13.0 Å². The van der Waals surface area contributed by atoms with Crippen LogP contribution >= 0.6 is 22.9 Å². The molecule has 0 unspecified atom stereocenters. The summed E-state index contributed by atoms with van der Waals surface area (Å²) in [6.45, 7) is 3.34. The Bertz CT molecular complexity index is 948. The number of carbonyl (C=O) groups excluding carboxylic acids is 3. The SMILES string of the molecule is CC(C)[C@H](NC(=O)c1ccc([N+](=O)[O-])cc1Cl)C(=O)OCC(=O)NCCc1cccs1. The number of halogens is 1. The van der Waals surface area contributed by atoms with Gasteiger partial charge in [-0.25, -0.2) is 4.79 Å². The summed E-state index contributed by atoms with van der Waals surface area (Å²) in [4.78, 5) is 48.1. The highest BCUT2D eigenvalue weighted by atomic mass is 35.5. The highest BCUT2D eigenvalue weighted by Gasteiger charge is 2.27. The van der Waals surface area contributed by atoms with E-state index in [1.165, 1.54) is 6.07 Å². The monoisotopic (exact) mass is 467 g/mol. The fourth-order valence-corrected chi connectivity index (χ4v) is 3.55.